The van der Waals surface area contributed by atoms with E-state index in [1.54, 1.807) is 25.1 Å². The van der Waals surface area contributed by atoms with E-state index in [0.717, 1.165) is 12.1 Å². The van der Waals surface area contributed by atoms with Crippen molar-refractivity contribution < 1.29 is 13.6 Å². The molecule has 1 heterocycles. The predicted molar refractivity (Wildman–Crippen MR) is 101 cm³/mol. The lowest BCUT2D eigenvalue weighted by molar-refractivity contribution is -0.118. The lowest BCUT2D eigenvalue weighted by atomic mass is 10.0. The van der Waals surface area contributed by atoms with Crippen LogP contribution in [0.5, 0.6) is 0 Å². The van der Waals surface area contributed by atoms with Gasteiger partial charge in [0.05, 0.1) is 6.54 Å². The van der Waals surface area contributed by atoms with Gasteiger partial charge in [-0.25, -0.2) is 8.78 Å². The molecule has 4 nitrogen and oxygen atoms in total. The summed E-state index contributed by atoms with van der Waals surface area (Å²) in [5.41, 5.74) is 1.80. The third kappa shape index (κ3) is 5.00. The lowest BCUT2D eigenvalue weighted by Gasteiger charge is -2.36. The molecule has 2 aromatic rings. The normalized spacial score (nSPS) is 17.4. The average Bonchev–Trinajstić information content (AvgIpc) is 2.58. The summed E-state index contributed by atoms with van der Waals surface area (Å²) in [4.78, 5) is 14.4. The molecule has 7 heteroatoms. The van der Waals surface area contributed by atoms with E-state index in [0.29, 0.717) is 24.3 Å². The number of nitrogens with zero attached hydrogens (tertiary/aromatic N) is 1. The van der Waals surface area contributed by atoms with Crippen molar-refractivity contribution in [1.29, 1.82) is 0 Å². The van der Waals surface area contributed by atoms with Crippen LogP contribution in [-0.2, 0) is 4.79 Å². The van der Waals surface area contributed by atoms with Gasteiger partial charge in [0.1, 0.15) is 11.6 Å². The van der Waals surface area contributed by atoms with E-state index in [1.165, 1.54) is 18.2 Å². The molecule has 0 spiro atoms. The SMILES string of the molecule is Cc1ccc(NC(=O)CN2CCNCC2c2cccc(F)c2)cc1F.Cl. The molecule has 1 saturated heterocycles. The molecular formula is C19H22ClF2N3O. The highest BCUT2D eigenvalue weighted by molar-refractivity contribution is 5.92. The van der Waals surface area contributed by atoms with Crippen molar-refractivity contribution in [3.05, 3.63) is 65.2 Å². The first-order valence-corrected chi connectivity index (χ1v) is 8.29. The van der Waals surface area contributed by atoms with E-state index < -0.39 is 0 Å². The van der Waals surface area contributed by atoms with Crippen molar-refractivity contribution in [2.45, 2.75) is 13.0 Å². The third-order valence-electron chi connectivity index (χ3n) is 4.39. The number of hydrogen-bond acceptors (Lipinski definition) is 3. The fourth-order valence-electron chi connectivity index (χ4n) is 3.03. The smallest absolute Gasteiger partial charge is 0.238 e. The maximum Gasteiger partial charge on any atom is 0.238 e. The van der Waals surface area contributed by atoms with Crippen LogP contribution in [0.25, 0.3) is 0 Å². The molecule has 0 aliphatic carbocycles. The molecular weight excluding hydrogens is 360 g/mol. The summed E-state index contributed by atoms with van der Waals surface area (Å²) >= 11 is 0. The van der Waals surface area contributed by atoms with Crippen LogP contribution in [-0.4, -0.2) is 37.0 Å². The van der Waals surface area contributed by atoms with Gasteiger partial charge in [0, 0.05) is 31.4 Å². The second-order valence-electron chi connectivity index (χ2n) is 6.26. The number of carbonyl (C=O) groups is 1. The van der Waals surface area contributed by atoms with Crippen molar-refractivity contribution >= 4 is 24.0 Å². The zero-order chi connectivity index (χ0) is 17.8. The Bertz CT molecular complexity index is 772. The number of benzene rings is 2. The first-order chi connectivity index (χ1) is 12.0. The summed E-state index contributed by atoms with van der Waals surface area (Å²) in [6.07, 6.45) is 0. The van der Waals surface area contributed by atoms with E-state index in [2.05, 4.69) is 10.6 Å². The maximum atomic E-state index is 13.6. The van der Waals surface area contributed by atoms with Crippen LogP contribution >= 0.6 is 12.4 Å². The van der Waals surface area contributed by atoms with Gasteiger partial charge >= 0.3 is 0 Å². The number of hydrogen-bond donors (Lipinski definition) is 2. The van der Waals surface area contributed by atoms with Gasteiger partial charge in [-0.3, -0.25) is 9.69 Å². The van der Waals surface area contributed by atoms with Crippen LogP contribution in [0.15, 0.2) is 42.5 Å². The zero-order valence-corrected chi connectivity index (χ0v) is 15.3. The fourth-order valence-corrected chi connectivity index (χ4v) is 3.03. The van der Waals surface area contributed by atoms with Gasteiger partial charge in [-0.05, 0) is 42.3 Å². The van der Waals surface area contributed by atoms with Crippen LogP contribution in [0.1, 0.15) is 17.2 Å². The van der Waals surface area contributed by atoms with E-state index in [-0.39, 0.29) is 42.5 Å². The van der Waals surface area contributed by atoms with Gasteiger partial charge in [-0.15, -0.1) is 12.4 Å². The molecule has 1 unspecified atom stereocenters. The van der Waals surface area contributed by atoms with Gasteiger partial charge in [-0.1, -0.05) is 18.2 Å². The predicted octanol–water partition coefficient (Wildman–Crippen LogP) is 3.28. The van der Waals surface area contributed by atoms with Crippen LogP contribution in [0.2, 0.25) is 0 Å². The molecule has 0 aromatic heterocycles. The van der Waals surface area contributed by atoms with Gasteiger partial charge in [0.2, 0.25) is 5.91 Å². The molecule has 1 aliphatic rings. The zero-order valence-electron chi connectivity index (χ0n) is 14.5. The van der Waals surface area contributed by atoms with Crippen molar-refractivity contribution in [3.63, 3.8) is 0 Å². The molecule has 1 fully saturated rings. The summed E-state index contributed by atoms with van der Waals surface area (Å²) in [5, 5.41) is 6.00. The number of aryl methyl sites for hydroxylation is 1. The minimum absolute atomic E-state index is 0. The molecule has 1 atom stereocenters. The highest BCUT2D eigenvalue weighted by atomic mass is 35.5. The Kier molecular flexibility index (Phi) is 7.08. The molecule has 2 aromatic carbocycles. The Morgan fingerprint density at radius 2 is 2.08 bits per heavy atom. The molecule has 3 rings (SSSR count). The van der Waals surface area contributed by atoms with Crippen molar-refractivity contribution in [1.82, 2.24) is 10.2 Å². The summed E-state index contributed by atoms with van der Waals surface area (Å²) in [5.74, 6) is -0.855. The summed E-state index contributed by atoms with van der Waals surface area (Å²) < 4.78 is 27.1. The molecule has 0 radical (unpaired) electrons. The van der Waals surface area contributed by atoms with Crippen LogP contribution in [0, 0.1) is 18.6 Å². The van der Waals surface area contributed by atoms with Crippen molar-refractivity contribution in [3.8, 4) is 0 Å². The second kappa shape index (κ2) is 9.07. The Morgan fingerprint density at radius 3 is 2.81 bits per heavy atom. The Morgan fingerprint density at radius 1 is 1.27 bits per heavy atom. The van der Waals surface area contributed by atoms with Crippen LogP contribution < -0.4 is 10.6 Å². The third-order valence-corrected chi connectivity index (χ3v) is 4.39. The summed E-state index contributed by atoms with van der Waals surface area (Å²) in [6, 6.07) is 11.0. The lowest BCUT2D eigenvalue weighted by Crippen LogP contribution is -2.48. The van der Waals surface area contributed by atoms with Crippen LogP contribution in [0.3, 0.4) is 0 Å². The molecule has 1 aliphatic heterocycles. The molecule has 140 valence electrons. The van der Waals surface area contributed by atoms with Gasteiger partial charge < -0.3 is 10.6 Å². The number of anilines is 1. The van der Waals surface area contributed by atoms with E-state index in [9.17, 15) is 13.6 Å². The molecule has 26 heavy (non-hydrogen) atoms. The van der Waals surface area contributed by atoms with E-state index in [4.69, 9.17) is 0 Å². The number of piperazine rings is 1. The summed E-state index contributed by atoms with van der Waals surface area (Å²) in [6.45, 7) is 3.93. The quantitative estimate of drug-likeness (QED) is 0.854. The number of nitrogens with one attached hydrogen (secondary N) is 2. The molecule has 2 N–H and O–H groups in total. The fraction of sp³-hybridized carbons (Fsp3) is 0.316. The Hall–Kier alpha value is -2.02. The second-order valence-corrected chi connectivity index (χ2v) is 6.26. The average molecular weight is 382 g/mol. The monoisotopic (exact) mass is 381 g/mol. The maximum absolute atomic E-state index is 13.6. The highest BCUT2D eigenvalue weighted by Gasteiger charge is 2.25. The van der Waals surface area contributed by atoms with E-state index in [1.807, 2.05) is 11.0 Å². The number of carbonyl (C=O) groups excluding carboxylic acids is 1. The number of halogens is 3. The minimum Gasteiger partial charge on any atom is -0.325 e. The first kappa shape index (κ1) is 20.3. The van der Waals surface area contributed by atoms with Gasteiger partial charge in [0.25, 0.3) is 0 Å². The molecule has 1 amide bonds. The highest BCUT2D eigenvalue weighted by Crippen LogP contribution is 2.23. The first-order valence-electron chi connectivity index (χ1n) is 8.29. The molecule has 0 saturated carbocycles. The van der Waals surface area contributed by atoms with Gasteiger partial charge in [-0.2, -0.15) is 0 Å². The standard InChI is InChI=1S/C19H21F2N3O.ClH/c1-13-5-6-16(10-17(13)21)23-19(25)12-24-8-7-22-11-18(24)14-3-2-4-15(20)9-14;/h2-6,9-10,18,22H,7-8,11-12H2,1H3,(H,23,25);1H. The minimum atomic E-state index is -0.349. The largest absolute Gasteiger partial charge is 0.325 e. The Labute approximate surface area is 158 Å². The Balaban J connectivity index is 0.00000243. The van der Waals surface area contributed by atoms with E-state index >= 15 is 0 Å². The number of amides is 1. The van der Waals surface area contributed by atoms with Crippen molar-refractivity contribution in [2.24, 2.45) is 0 Å². The van der Waals surface area contributed by atoms with Crippen molar-refractivity contribution in [2.75, 3.05) is 31.5 Å². The van der Waals surface area contributed by atoms with Gasteiger partial charge in [0.15, 0.2) is 0 Å². The topological polar surface area (TPSA) is 44.4 Å². The molecule has 0 bridgehead atoms. The van der Waals surface area contributed by atoms with Crippen LogP contribution in [0.4, 0.5) is 14.5 Å². The number of rotatable bonds is 4. The summed E-state index contributed by atoms with van der Waals surface area (Å²) in [7, 11) is 0.